The predicted molar refractivity (Wildman–Crippen MR) is 81.2 cm³/mol. The van der Waals surface area contributed by atoms with E-state index in [4.69, 9.17) is 16.0 Å². The topological polar surface area (TPSA) is 46.0 Å². The largest absolute Gasteiger partial charge is 0.417 e. The van der Waals surface area contributed by atoms with E-state index in [2.05, 4.69) is 18.8 Å². The van der Waals surface area contributed by atoms with Gasteiger partial charge < -0.3 is 4.42 Å². The Morgan fingerprint density at radius 1 is 1.40 bits per heavy atom. The molecule has 0 aliphatic heterocycles. The van der Waals surface area contributed by atoms with Gasteiger partial charge in [-0.05, 0) is 41.9 Å². The molecule has 3 rings (SSSR count). The highest BCUT2D eigenvalue weighted by Gasteiger charge is 2.37. The van der Waals surface area contributed by atoms with Crippen molar-refractivity contribution in [2.75, 3.05) is 0 Å². The fraction of sp³-hybridized carbons (Fsp3) is 0.562. The molecule has 1 aromatic heterocycles. The lowest BCUT2D eigenvalue weighted by atomic mass is 9.66. The summed E-state index contributed by atoms with van der Waals surface area (Å²) in [6.07, 6.45) is 4.93. The van der Waals surface area contributed by atoms with Crippen LogP contribution in [0.2, 0.25) is 0 Å². The van der Waals surface area contributed by atoms with Gasteiger partial charge in [-0.15, -0.1) is 11.6 Å². The van der Waals surface area contributed by atoms with Gasteiger partial charge in [0.15, 0.2) is 5.58 Å². The minimum absolute atomic E-state index is 0.0325. The van der Waals surface area contributed by atoms with Crippen molar-refractivity contribution in [3.8, 4) is 0 Å². The summed E-state index contributed by atoms with van der Waals surface area (Å²) in [5.74, 6) is 0.0438. The normalized spacial score (nSPS) is 23.9. The standard InChI is InChI=1S/C16H20ClNO2/c1-16(2)8-4-3-5-11(16)14(17)10-6-7-12-13(9-10)20-15(19)18-12/h6-7,9,11,14H,3-5,8H2,1-2H3,(H,18,19). The molecule has 1 saturated carbocycles. The number of alkyl halides is 1. The molecule has 1 aliphatic rings. The summed E-state index contributed by atoms with van der Waals surface area (Å²) in [5.41, 5.74) is 2.62. The molecule has 2 atom stereocenters. The predicted octanol–water partition coefficient (Wildman–Crippen LogP) is 4.62. The highest BCUT2D eigenvalue weighted by Crippen LogP contribution is 2.49. The first-order valence-electron chi connectivity index (χ1n) is 7.24. The number of aromatic amines is 1. The van der Waals surface area contributed by atoms with Gasteiger partial charge in [0.25, 0.3) is 0 Å². The first kappa shape index (κ1) is 13.7. The van der Waals surface area contributed by atoms with Crippen LogP contribution in [0.3, 0.4) is 0 Å². The Kier molecular flexibility index (Phi) is 3.41. The second kappa shape index (κ2) is 4.96. The van der Waals surface area contributed by atoms with Crippen molar-refractivity contribution < 1.29 is 4.42 Å². The van der Waals surface area contributed by atoms with Gasteiger partial charge in [0.1, 0.15) is 0 Å². The lowest BCUT2D eigenvalue weighted by Crippen LogP contribution is -2.30. The zero-order valence-corrected chi connectivity index (χ0v) is 12.7. The number of aromatic nitrogens is 1. The molecule has 108 valence electrons. The molecule has 1 heterocycles. The molecule has 4 heteroatoms. The van der Waals surface area contributed by atoms with Crippen molar-refractivity contribution in [2.45, 2.75) is 44.9 Å². The van der Waals surface area contributed by atoms with Gasteiger partial charge in [-0.3, -0.25) is 4.98 Å². The van der Waals surface area contributed by atoms with Gasteiger partial charge in [-0.25, -0.2) is 4.79 Å². The number of benzene rings is 1. The van der Waals surface area contributed by atoms with Crippen LogP contribution in [0.4, 0.5) is 0 Å². The van der Waals surface area contributed by atoms with Crippen LogP contribution in [-0.4, -0.2) is 4.98 Å². The van der Waals surface area contributed by atoms with Crippen molar-refractivity contribution in [2.24, 2.45) is 11.3 Å². The summed E-state index contributed by atoms with van der Waals surface area (Å²) >= 11 is 6.75. The SMILES string of the molecule is CC1(C)CCCCC1C(Cl)c1ccc2[nH]c(=O)oc2c1. The third-order valence-electron chi connectivity index (χ3n) is 4.71. The Morgan fingerprint density at radius 3 is 2.95 bits per heavy atom. The first-order valence-corrected chi connectivity index (χ1v) is 7.68. The van der Waals surface area contributed by atoms with Crippen LogP contribution in [-0.2, 0) is 0 Å². The van der Waals surface area contributed by atoms with E-state index >= 15 is 0 Å². The Labute approximate surface area is 123 Å². The zero-order chi connectivity index (χ0) is 14.3. The van der Waals surface area contributed by atoms with E-state index in [9.17, 15) is 4.79 Å². The second-order valence-corrected chi connectivity index (χ2v) is 6.98. The number of H-pyrrole nitrogens is 1. The first-order chi connectivity index (χ1) is 9.47. The monoisotopic (exact) mass is 293 g/mol. The zero-order valence-electron chi connectivity index (χ0n) is 11.9. The van der Waals surface area contributed by atoms with Crippen molar-refractivity contribution in [3.05, 3.63) is 34.3 Å². The number of nitrogens with one attached hydrogen (secondary N) is 1. The minimum Gasteiger partial charge on any atom is -0.408 e. The molecule has 0 radical (unpaired) electrons. The third-order valence-corrected chi connectivity index (χ3v) is 5.26. The average Bonchev–Trinajstić information content (AvgIpc) is 2.76. The number of hydrogen-bond acceptors (Lipinski definition) is 2. The third kappa shape index (κ3) is 2.39. The highest BCUT2D eigenvalue weighted by atomic mass is 35.5. The van der Waals surface area contributed by atoms with Crippen LogP contribution in [0, 0.1) is 11.3 Å². The molecule has 20 heavy (non-hydrogen) atoms. The molecule has 3 nitrogen and oxygen atoms in total. The number of oxazole rings is 1. The number of rotatable bonds is 2. The number of fused-ring (bicyclic) bond motifs is 1. The summed E-state index contributed by atoms with van der Waals surface area (Å²) in [5, 5.41) is -0.0325. The highest BCUT2D eigenvalue weighted by molar-refractivity contribution is 6.21. The molecular formula is C16H20ClNO2. The molecule has 2 unspecified atom stereocenters. The molecule has 1 fully saturated rings. The summed E-state index contributed by atoms with van der Waals surface area (Å²) < 4.78 is 5.13. The lowest BCUT2D eigenvalue weighted by molar-refractivity contribution is 0.133. The minimum atomic E-state index is -0.415. The van der Waals surface area contributed by atoms with Crippen LogP contribution in [0.15, 0.2) is 27.4 Å². The number of halogens is 1. The molecule has 0 spiro atoms. The summed E-state index contributed by atoms with van der Waals surface area (Å²) in [7, 11) is 0. The molecule has 1 N–H and O–H groups in total. The molecule has 1 aromatic carbocycles. The van der Waals surface area contributed by atoms with Crippen LogP contribution < -0.4 is 5.76 Å². The fourth-order valence-electron chi connectivity index (χ4n) is 3.43. The van der Waals surface area contributed by atoms with Crippen molar-refractivity contribution in [1.29, 1.82) is 0 Å². The van der Waals surface area contributed by atoms with E-state index in [1.165, 1.54) is 19.3 Å². The second-order valence-electron chi connectivity index (χ2n) is 6.51. The van der Waals surface area contributed by atoms with E-state index < -0.39 is 5.76 Å². The molecule has 0 saturated heterocycles. The van der Waals surface area contributed by atoms with Crippen LogP contribution >= 0.6 is 11.6 Å². The Hall–Kier alpha value is -1.22. The molecular weight excluding hydrogens is 274 g/mol. The van der Waals surface area contributed by atoms with Crippen LogP contribution in [0.5, 0.6) is 0 Å². The number of hydrogen-bond donors (Lipinski definition) is 1. The summed E-state index contributed by atoms with van der Waals surface area (Å²) in [6, 6.07) is 5.77. The van der Waals surface area contributed by atoms with Crippen LogP contribution in [0.1, 0.15) is 50.5 Å². The Bertz CT molecular complexity index is 670. The quantitative estimate of drug-likeness (QED) is 0.821. The van der Waals surface area contributed by atoms with E-state index in [0.717, 1.165) is 17.5 Å². The fourth-order valence-corrected chi connectivity index (χ4v) is 4.03. The molecule has 0 bridgehead atoms. The van der Waals surface area contributed by atoms with E-state index in [0.29, 0.717) is 11.5 Å². The lowest BCUT2D eigenvalue weighted by Gasteiger charge is -2.41. The van der Waals surface area contributed by atoms with E-state index in [-0.39, 0.29) is 10.8 Å². The average molecular weight is 294 g/mol. The van der Waals surface area contributed by atoms with Crippen molar-refractivity contribution in [3.63, 3.8) is 0 Å². The Morgan fingerprint density at radius 2 is 2.20 bits per heavy atom. The maximum Gasteiger partial charge on any atom is 0.417 e. The van der Waals surface area contributed by atoms with E-state index in [1.807, 2.05) is 18.2 Å². The molecule has 0 amide bonds. The van der Waals surface area contributed by atoms with Gasteiger partial charge in [0.05, 0.1) is 10.9 Å². The van der Waals surface area contributed by atoms with Gasteiger partial charge in [0, 0.05) is 0 Å². The van der Waals surface area contributed by atoms with E-state index in [1.54, 1.807) is 0 Å². The summed E-state index contributed by atoms with van der Waals surface area (Å²) in [6.45, 7) is 4.61. The summed E-state index contributed by atoms with van der Waals surface area (Å²) in [4.78, 5) is 13.9. The van der Waals surface area contributed by atoms with Gasteiger partial charge in [0.2, 0.25) is 0 Å². The Balaban J connectivity index is 1.94. The van der Waals surface area contributed by atoms with Crippen molar-refractivity contribution in [1.82, 2.24) is 4.98 Å². The van der Waals surface area contributed by atoms with Gasteiger partial charge in [-0.2, -0.15) is 0 Å². The van der Waals surface area contributed by atoms with Crippen molar-refractivity contribution >= 4 is 22.7 Å². The smallest absolute Gasteiger partial charge is 0.408 e. The van der Waals surface area contributed by atoms with Gasteiger partial charge >= 0.3 is 5.76 Å². The van der Waals surface area contributed by atoms with Crippen LogP contribution in [0.25, 0.3) is 11.1 Å². The maximum atomic E-state index is 11.2. The molecule has 1 aliphatic carbocycles. The van der Waals surface area contributed by atoms with Gasteiger partial charge in [-0.1, -0.05) is 32.8 Å². The molecule has 2 aromatic rings. The maximum absolute atomic E-state index is 11.2.